The van der Waals surface area contributed by atoms with Crippen LogP contribution in [0.3, 0.4) is 0 Å². The molecule has 174 valence electrons. The van der Waals surface area contributed by atoms with Crippen molar-refractivity contribution in [3.8, 4) is 11.3 Å². The number of nitrogens with one attached hydrogen (secondary N) is 1. The van der Waals surface area contributed by atoms with Crippen molar-refractivity contribution < 1.29 is 9.21 Å². The number of hydrogen-bond donors (Lipinski definition) is 1. The van der Waals surface area contributed by atoms with Crippen LogP contribution in [0.1, 0.15) is 41.8 Å². The van der Waals surface area contributed by atoms with Crippen LogP contribution in [0.5, 0.6) is 0 Å². The first-order valence-corrected chi connectivity index (χ1v) is 11.1. The van der Waals surface area contributed by atoms with Crippen molar-refractivity contribution in [1.29, 1.82) is 0 Å². The zero-order valence-corrected chi connectivity index (χ0v) is 20.0. The second-order valence-corrected chi connectivity index (χ2v) is 8.86. The number of carbonyl (C=O) groups is 1. The van der Waals surface area contributed by atoms with Crippen molar-refractivity contribution in [2.45, 2.75) is 33.7 Å². The summed E-state index contributed by atoms with van der Waals surface area (Å²) in [4.78, 5) is 30.6. The molecule has 1 aromatic carbocycles. The summed E-state index contributed by atoms with van der Waals surface area (Å²) in [5, 5.41) is 8.13. The molecule has 1 amide bonds. The smallest absolute Gasteiger partial charge is 0.328 e. The molecule has 0 saturated carbocycles. The molecule has 1 N–H and O–H groups in total. The lowest BCUT2D eigenvalue weighted by molar-refractivity contribution is 0.102. The fraction of sp³-hybridized carbons (Fsp3) is 0.280. The van der Waals surface area contributed by atoms with Gasteiger partial charge in [-0.15, -0.1) is 0 Å². The lowest BCUT2D eigenvalue weighted by atomic mass is 10.1. The maximum absolute atomic E-state index is 13.5. The molecule has 0 aliphatic carbocycles. The van der Waals surface area contributed by atoms with Gasteiger partial charge in [-0.25, -0.2) is 14.5 Å². The Kier molecular flexibility index (Phi) is 4.93. The number of nitrogens with zero attached hydrogens (tertiary/aromatic N) is 5. The maximum atomic E-state index is 13.5. The van der Waals surface area contributed by atoms with Crippen molar-refractivity contribution in [2.75, 3.05) is 5.32 Å². The van der Waals surface area contributed by atoms with Gasteiger partial charge in [-0.1, -0.05) is 0 Å². The van der Waals surface area contributed by atoms with Crippen molar-refractivity contribution in [1.82, 2.24) is 23.9 Å². The van der Waals surface area contributed by atoms with E-state index in [4.69, 9.17) is 9.40 Å². The molecule has 34 heavy (non-hydrogen) atoms. The largest absolute Gasteiger partial charge is 0.466 e. The van der Waals surface area contributed by atoms with E-state index in [2.05, 4.69) is 10.4 Å². The average molecular weight is 459 g/mol. The Balaban J connectivity index is 1.63. The van der Waals surface area contributed by atoms with Gasteiger partial charge in [0, 0.05) is 31.4 Å². The highest BCUT2D eigenvalue weighted by Crippen LogP contribution is 2.30. The number of amides is 1. The Morgan fingerprint density at radius 1 is 1.06 bits per heavy atom. The van der Waals surface area contributed by atoms with E-state index in [0.29, 0.717) is 28.0 Å². The molecule has 0 unspecified atom stereocenters. The van der Waals surface area contributed by atoms with E-state index in [9.17, 15) is 9.59 Å². The number of carbonyl (C=O) groups excluding carboxylic acids is 1. The summed E-state index contributed by atoms with van der Waals surface area (Å²) >= 11 is 0. The molecule has 4 heterocycles. The fourth-order valence-corrected chi connectivity index (χ4v) is 4.39. The SMILES string of the molecule is Cc1cc(-c2cc(C(=O)Nc3ccc4c(c3)n(C)c(=O)n4C)c3cnn(C(C)C)c3n2)c(C)o1. The summed E-state index contributed by atoms with van der Waals surface area (Å²) in [7, 11) is 3.44. The molecule has 0 fully saturated rings. The van der Waals surface area contributed by atoms with E-state index >= 15 is 0 Å². The zero-order chi connectivity index (χ0) is 24.3. The first kappa shape index (κ1) is 21.7. The minimum Gasteiger partial charge on any atom is -0.466 e. The number of anilines is 1. The van der Waals surface area contributed by atoms with Gasteiger partial charge >= 0.3 is 5.69 Å². The molecule has 5 aromatic rings. The van der Waals surface area contributed by atoms with Gasteiger partial charge < -0.3 is 9.73 Å². The highest BCUT2D eigenvalue weighted by molar-refractivity contribution is 6.13. The highest BCUT2D eigenvalue weighted by atomic mass is 16.3. The van der Waals surface area contributed by atoms with E-state index in [0.717, 1.165) is 28.1 Å². The molecular weight excluding hydrogens is 432 g/mol. The second kappa shape index (κ2) is 7.72. The predicted octanol–water partition coefficient (Wildman–Crippen LogP) is 4.33. The van der Waals surface area contributed by atoms with Crippen LogP contribution in [0, 0.1) is 13.8 Å². The normalized spacial score (nSPS) is 11.7. The van der Waals surface area contributed by atoms with Crippen molar-refractivity contribution in [2.24, 2.45) is 14.1 Å². The molecule has 0 radical (unpaired) electrons. The second-order valence-electron chi connectivity index (χ2n) is 8.86. The van der Waals surface area contributed by atoms with Crippen LogP contribution in [0.2, 0.25) is 0 Å². The van der Waals surface area contributed by atoms with Gasteiger partial charge in [0.25, 0.3) is 5.91 Å². The fourth-order valence-electron chi connectivity index (χ4n) is 4.39. The topological polar surface area (TPSA) is 99.9 Å². The Bertz CT molecular complexity index is 1650. The summed E-state index contributed by atoms with van der Waals surface area (Å²) in [6.07, 6.45) is 1.68. The molecule has 0 aliphatic heterocycles. The van der Waals surface area contributed by atoms with Crippen molar-refractivity contribution in [3.05, 3.63) is 64.1 Å². The van der Waals surface area contributed by atoms with Crippen LogP contribution in [0.15, 0.2) is 45.7 Å². The van der Waals surface area contributed by atoms with Gasteiger partial charge in [-0.2, -0.15) is 5.10 Å². The Morgan fingerprint density at radius 3 is 2.47 bits per heavy atom. The molecule has 0 aliphatic rings. The van der Waals surface area contributed by atoms with Crippen LogP contribution in [0.4, 0.5) is 5.69 Å². The summed E-state index contributed by atoms with van der Waals surface area (Å²) < 4.78 is 10.7. The predicted molar refractivity (Wildman–Crippen MR) is 131 cm³/mol. The van der Waals surface area contributed by atoms with Crippen molar-refractivity contribution >= 4 is 33.7 Å². The number of imidazole rings is 1. The zero-order valence-electron chi connectivity index (χ0n) is 20.0. The van der Waals surface area contributed by atoms with E-state index in [-0.39, 0.29) is 17.6 Å². The third-order valence-corrected chi connectivity index (χ3v) is 6.15. The van der Waals surface area contributed by atoms with Crippen LogP contribution < -0.4 is 11.0 Å². The molecule has 0 atom stereocenters. The van der Waals surface area contributed by atoms with E-state index < -0.39 is 0 Å². The minimum atomic E-state index is -0.282. The summed E-state index contributed by atoms with van der Waals surface area (Å²) in [5.41, 5.74) is 4.60. The molecule has 4 aromatic heterocycles. The van der Waals surface area contributed by atoms with Crippen LogP contribution in [0.25, 0.3) is 33.3 Å². The van der Waals surface area contributed by atoms with Crippen LogP contribution >= 0.6 is 0 Å². The lowest BCUT2D eigenvalue weighted by Gasteiger charge is -2.11. The third-order valence-electron chi connectivity index (χ3n) is 6.15. The van der Waals surface area contributed by atoms with Gasteiger partial charge in [-0.3, -0.25) is 13.9 Å². The molecule has 9 heteroatoms. The van der Waals surface area contributed by atoms with E-state index in [1.165, 1.54) is 0 Å². The van der Waals surface area contributed by atoms with E-state index in [1.54, 1.807) is 47.6 Å². The monoisotopic (exact) mass is 458 g/mol. The average Bonchev–Trinajstić information content (AvgIpc) is 3.44. The van der Waals surface area contributed by atoms with Gasteiger partial charge in [0.1, 0.15) is 11.5 Å². The first-order chi connectivity index (χ1) is 16.2. The number of rotatable bonds is 4. The third kappa shape index (κ3) is 3.32. The number of aromatic nitrogens is 5. The number of furan rings is 1. The number of fused-ring (bicyclic) bond motifs is 2. The maximum Gasteiger partial charge on any atom is 0.328 e. The Morgan fingerprint density at radius 2 is 1.79 bits per heavy atom. The molecular formula is C25H26N6O3. The molecule has 5 rings (SSSR count). The minimum absolute atomic E-state index is 0.0742. The lowest BCUT2D eigenvalue weighted by Crippen LogP contribution is -2.19. The summed E-state index contributed by atoms with van der Waals surface area (Å²) in [5.74, 6) is 1.23. The first-order valence-electron chi connectivity index (χ1n) is 11.1. The van der Waals surface area contributed by atoms with E-state index in [1.807, 2.05) is 44.5 Å². The van der Waals surface area contributed by atoms with Gasteiger partial charge in [0.15, 0.2) is 5.65 Å². The van der Waals surface area contributed by atoms with Gasteiger partial charge in [-0.05, 0) is 58.0 Å². The molecule has 0 spiro atoms. The summed E-state index contributed by atoms with van der Waals surface area (Å²) in [6.45, 7) is 7.81. The summed E-state index contributed by atoms with van der Waals surface area (Å²) in [6, 6.07) is 9.19. The van der Waals surface area contributed by atoms with Gasteiger partial charge in [0.05, 0.1) is 33.9 Å². The Hall–Kier alpha value is -4.14. The quantitative estimate of drug-likeness (QED) is 0.432. The Labute approximate surface area is 195 Å². The molecule has 0 saturated heterocycles. The number of aryl methyl sites for hydroxylation is 4. The van der Waals surface area contributed by atoms with Crippen LogP contribution in [-0.4, -0.2) is 29.8 Å². The number of pyridine rings is 1. The van der Waals surface area contributed by atoms with Crippen LogP contribution in [-0.2, 0) is 14.1 Å². The number of benzene rings is 1. The van der Waals surface area contributed by atoms with Gasteiger partial charge in [0.2, 0.25) is 0 Å². The molecule has 9 nitrogen and oxygen atoms in total. The highest BCUT2D eigenvalue weighted by Gasteiger charge is 2.21. The standard InChI is InChI=1S/C25H26N6O3/c1-13(2)31-23-19(12-26-31)18(11-20(28-23)17-9-14(3)34-15(17)4)24(32)27-16-7-8-21-22(10-16)30(6)25(33)29(21)5/h7-13H,1-6H3,(H,27,32). The van der Waals surface area contributed by atoms with Crippen molar-refractivity contribution in [3.63, 3.8) is 0 Å². The number of hydrogen-bond acceptors (Lipinski definition) is 5. The molecule has 0 bridgehead atoms.